The first-order valence-corrected chi connectivity index (χ1v) is 7.49. The van der Waals surface area contributed by atoms with Gasteiger partial charge in [-0.05, 0) is 11.1 Å². The Kier molecular flexibility index (Phi) is 6.27. The summed E-state index contributed by atoms with van der Waals surface area (Å²) in [5.74, 6) is -0.576. The van der Waals surface area contributed by atoms with Gasteiger partial charge in [0.05, 0.1) is 12.7 Å². The molecule has 0 spiro atoms. The fourth-order valence-corrected chi connectivity index (χ4v) is 2.64. The fraction of sp³-hybridized carbons (Fsp3) is 0.333. The summed E-state index contributed by atoms with van der Waals surface area (Å²) in [4.78, 5) is 0. The summed E-state index contributed by atoms with van der Waals surface area (Å²) in [5.41, 5.74) is 1.55. The van der Waals surface area contributed by atoms with Crippen molar-refractivity contribution in [2.45, 2.75) is 30.3 Å². The van der Waals surface area contributed by atoms with Crippen LogP contribution in [0, 0.1) is 0 Å². The van der Waals surface area contributed by atoms with Crippen LogP contribution in [0.4, 0.5) is 0 Å². The molecule has 0 heterocycles. The summed E-state index contributed by atoms with van der Waals surface area (Å²) in [6, 6.07) is 18.3. The molecule has 5 nitrogen and oxygen atoms in total. The molecule has 2 aromatic rings. The third-order valence-electron chi connectivity index (χ3n) is 3.94. The van der Waals surface area contributed by atoms with Gasteiger partial charge in [-0.25, -0.2) is 0 Å². The van der Waals surface area contributed by atoms with Crippen molar-refractivity contribution in [3.05, 3.63) is 71.8 Å². The van der Waals surface area contributed by atoms with Gasteiger partial charge >= 0.3 is 0 Å². The van der Waals surface area contributed by atoms with Crippen molar-refractivity contribution in [3.8, 4) is 0 Å². The van der Waals surface area contributed by atoms with E-state index in [-0.39, 0.29) is 0 Å². The molecule has 2 aromatic carbocycles. The zero-order chi connectivity index (χ0) is 16.8. The Hall–Kier alpha value is -1.76. The minimum atomic E-state index is -1.65. The molecule has 0 bridgehead atoms. The van der Waals surface area contributed by atoms with E-state index in [9.17, 15) is 20.4 Å². The predicted octanol–water partition coefficient (Wildman–Crippen LogP) is 0.254. The molecule has 0 unspecified atom stereocenters. The largest absolute Gasteiger partial charge is 0.394 e. The maximum atomic E-state index is 10.6. The minimum Gasteiger partial charge on any atom is -0.394 e. The van der Waals surface area contributed by atoms with Crippen LogP contribution in [0.1, 0.15) is 17.0 Å². The lowest BCUT2D eigenvalue weighted by molar-refractivity contribution is -0.117. The van der Waals surface area contributed by atoms with E-state index in [0.29, 0.717) is 0 Å². The SMILES string of the molecule is OC[C@@H](O)[C@@H](O)[C@H](O)[C@@H](O)C(c1ccccc1)c1ccccc1. The molecular formula is C18H22O5. The van der Waals surface area contributed by atoms with Crippen LogP contribution in [0.15, 0.2) is 60.7 Å². The number of aliphatic hydroxyl groups is 5. The van der Waals surface area contributed by atoms with Crippen LogP contribution in [0.25, 0.3) is 0 Å². The van der Waals surface area contributed by atoms with E-state index in [2.05, 4.69) is 0 Å². The molecule has 0 saturated heterocycles. The van der Waals surface area contributed by atoms with Gasteiger partial charge in [0.1, 0.15) is 18.3 Å². The van der Waals surface area contributed by atoms with Crippen LogP contribution in [0.5, 0.6) is 0 Å². The summed E-state index contributed by atoms with van der Waals surface area (Å²) < 4.78 is 0. The number of hydrogen-bond acceptors (Lipinski definition) is 5. The van der Waals surface area contributed by atoms with E-state index >= 15 is 0 Å². The quantitative estimate of drug-likeness (QED) is 0.504. The molecule has 4 atom stereocenters. The van der Waals surface area contributed by atoms with Crippen molar-refractivity contribution in [1.29, 1.82) is 0 Å². The lowest BCUT2D eigenvalue weighted by Crippen LogP contribution is -2.48. The van der Waals surface area contributed by atoms with Gasteiger partial charge in [0.15, 0.2) is 0 Å². The second-order valence-corrected chi connectivity index (χ2v) is 5.52. The lowest BCUT2D eigenvalue weighted by Gasteiger charge is -2.31. The van der Waals surface area contributed by atoms with E-state index in [1.807, 2.05) is 60.7 Å². The zero-order valence-corrected chi connectivity index (χ0v) is 12.6. The van der Waals surface area contributed by atoms with Crippen LogP contribution in [0.2, 0.25) is 0 Å². The summed E-state index contributed by atoms with van der Waals surface area (Å²) in [7, 11) is 0. The molecule has 5 N–H and O–H groups in total. The highest BCUT2D eigenvalue weighted by Crippen LogP contribution is 2.30. The van der Waals surface area contributed by atoms with Gasteiger partial charge in [0, 0.05) is 5.92 Å². The first kappa shape index (κ1) is 17.6. The third kappa shape index (κ3) is 4.16. The first-order chi connectivity index (χ1) is 11.1. The van der Waals surface area contributed by atoms with Gasteiger partial charge in [0.25, 0.3) is 0 Å². The molecular weight excluding hydrogens is 296 g/mol. The third-order valence-corrected chi connectivity index (χ3v) is 3.94. The molecule has 0 aliphatic carbocycles. The molecule has 0 aliphatic rings. The number of hydrogen-bond donors (Lipinski definition) is 5. The topological polar surface area (TPSA) is 101 Å². The van der Waals surface area contributed by atoms with Crippen LogP contribution < -0.4 is 0 Å². The van der Waals surface area contributed by atoms with Crippen LogP contribution in [-0.4, -0.2) is 56.6 Å². The molecule has 124 valence electrons. The highest BCUT2D eigenvalue weighted by molar-refractivity contribution is 5.34. The molecule has 5 heteroatoms. The zero-order valence-electron chi connectivity index (χ0n) is 12.6. The summed E-state index contributed by atoms with van der Waals surface area (Å²) in [6.07, 6.45) is -6.13. The van der Waals surface area contributed by atoms with Crippen molar-refractivity contribution in [1.82, 2.24) is 0 Å². The summed E-state index contributed by atoms with van der Waals surface area (Å²) in [5, 5.41) is 49.1. The van der Waals surface area contributed by atoms with Crippen LogP contribution >= 0.6 is 0 Å². The predicted molar refractivity (Wildman–Crippen MR) is 85.8 cm³/mol. The molecule has 0 aromatic heterocycles. The van der Waals surface area contributed by atoms with Crippen molar-refractivity contribution in [2.75, 3.05) is 6.61 Å². The molecule has 0 fully saturated rings. The highest BCUT2D eigenvalue weighted by atomic mass is 16.4. The Bertz CT molecular complexity index is 535. The van der Waals surface area contributed by atoms with Crippen molar-refractivity contribution in [2.24, 2.45) is 0 Å². The molecule has 0 saturated carbocycles. The summed E-state index contributed by atoms with van der Waals surface area (Å²) in [6.45, 7) is -0.702. The average Bonchev–Trinajstić information content (AvgIpc) is 2.61. The van der Waals surface area contributed by atoms with E-state index < -0.39 is 36.9 Å². The van der Waals surface area contributed by atoms with Gasteiger partial charge in [-0.1, -0.05) is 60.7 Å². The van der Waals surface area contributed by atoms with E-state index in [4.69, 9.17) is 5.11 Å². The Morgan fingerprint density at radius 3 is 1.43 bits per heavy atom. The van der Waals surface area contributed by atoms with Gasteiger partial charge < -0.3 is 25.5 Å². The number of benzene rings is 2. The Morgan fingerprint density at radius 1 is 0.609 bits per heavy atom. The monoisotopic (exact) mass is 318 g/mol. The Labute approximate surface area is 135 Å². The van der Waals surface area contributed by atoms with Crippen molar-refractivity contribution in [3.63, 3.8) is 0 Å². The van der Waals surface area contributed by atoms with Gasteiger partial charge in [0.2, 0.25) is 0 Å². The van der Waals surface area contributed by atoms with E-state index in [1.165, 1.54) is 0 Å². The Morgan fingerprint density at radius 2 is 1.04 bits per heavy atom. The van der Waals surface area contributed by atoms with Crippen molar-refractivity contribution < 1.29 is 25.5 Å². The summed E-state index contributed by atoms with van der Waals surface area (Å²) >= 11 is 0. The highest BCUT2D eigenvalue weighted by Gasteiger charge is 2.36. The van der Waals surface area contributed by atoms with Crippen LogP contribution in [-0.2, 0) is 0 Å². The van der Waals surface area contributed by atoms with Crippen molar-refractivity contribution >= 4 is 0 Å². The molecule has 0 radical (unpaired) electrons. The van der Waals surface area contributed by atoms with Gasteiger partial charge in [-0.2, -0.15) is 0 Å². The molecule has 23 heavy (non-hydrogen) atoms. The number of rotatable bonds is 7. The van der Waals surface area contributed by atoms with Gasteiger partial charge in [-0.3, -0.25) is 0 Å². The first-order valence-electron chi connectivity index (χ1n) is 7.49. The second-order valence-electron chi connectivity index (χ2n) is 5.52. The average molecular weight is 318 g/mol. The Balaban J connectivity index is 2.34. The smallest absolute Gasteiger partial charge is 0.111 e. The van der Waals surface area contributed by atoms with Crippen LogP contribution in [0.3, 0.4) is 0 Å². The van der Waals surface area contributed by atoms with E-state index in [1.54, 1.807) is 0 Å². The van der Waals surface area contributed by atoms with Gasteiger partial charge in [-0.15, -0.1) is 0 Å². The standard InChI is InChI=1S/C18H22O5/c19-11-14(20)16(21)18(23)17(22)15(12-7-3-1-4-8-12)13-9-5-2-6-10-13/h1-10,14-23H,11H2/t14-,16-,17+,18+/m1/s1. The lowest BCUT2D eigenvalue weighted by atomic mass is 9.82. The second kappa shape index (κ2) is 8.19. The minimum absolute atomic E-state index is 0.576. The fourth-order valence-electron chi connectivity index (χ4n) is 2.64. The molecule has 0 aliphatic heterocycles. The maximum absolute atomic E-state index is 10.6. The normalized spacial score (nSPS) is 16.8. The maximum Gasteiger partial charge on any atom is 0.111 e. The number of aliphatic hydroxyl groups excluding tert-OH is 5. The molecule has 2 rings (SSSR count). The van der Waals surface area contributed by atoms with E-state index in [0.717, 1.165) is 11.1 Å². The molecule has 0 amide bonds.